The summed E-state index contributed by atoms with van der Waals surface area (Å²) >= 11 is 0. The standard InChI is InChI=1S/C19H26BF5N2O2/c1-16(2)17(3,4)29-20(28-16)14-5-6-15(26-11-14)18(21,22)12-27-9-7-13(8-10-27)19(23,24)25/h5-6,11,13H,7-10,12H2,1-4H3. The van der Waals surface area contributed by atoms with E-state index in [0.717, 1.165) is 0 Å². The van der Waals surface area contributed by atoms with Gasteiger partial charge in [-0.25, -0.2) is 0 Å². The van der Waals surface area contributed by atoms with E-state index < -0.39 is 48.6 Å². The number of rotatable bonds is 4. The van der Waals surface area contributed by atoms with Gasteiger partial charge in [0.15, 0.2) is 0 Å². The Labute approximate surface area is 167 Å². The van der Waals surface area contributed by atoms with E-state index in [4.69, 9.17) is 9.31 Å². The second-order valence-electron chi connectivity index (χ2n) is 8.86. The minimum Gasteiger partial charge on any atom is -0.399 e. The van der Waals surface area contributed by atoms with Crippen LogP contribution in [0.1, 0.15) is 46.2 Å². The number of pyridine rings is 1. The van der Waals surface area contributed by atoms with E-state index in [2.05, 4.69) is 4.98 Å². The third kappa shape index (κ3) is 4.75. The van der Waals surface area contributed by atoms with E-state index in [9.17, 15) is 22.0 Å². The molecule has 4 nitrogen and oxygen atoms in total. The SMILES string of the molecule is CC1(C)OB(c2ccc(C(F)(F)CN3CCC(C(F)(F)F)CC3)nc2)OC1(C)C. The molecule has 0 aromatic carbocycles. The maximum atomic E-state index is 14.6. The van der Waals surface area contributed by atoms with Gasteiger partial charge in [-0.15, -0.1) is 0 Å². The smallest absolute Gasteiger partial charge is 0.399 e. The highest BCUT2D eigenvalue weighted by Crippen LogP contribution is 2.37. The van der Waals surface area contributed by atoms with Crippen molar-refractivity contribution in [2.75, 3.05) is 19.6 Å². The van der Waals surface area contributed by atoms with Crippen LogP contribution in [-0.2, 0) is 15.2 Å². The molecule has 0 N–H and O–H groups in total. The molecule has 2 fully saturated rings. The Morgan fingerprint density at radius 3 is 2.03 bits per heavy atom. The molecule has 0 spiro atoms. The first-order valence-electron chi connectivity index (χ1n) is 9.70. The van der Waals surface area contributed by atoms with E-state index in [0.29, 0.717) is 5.46 Å². The predicted octanol–water partition coefficient (Wildman–Crippen LogP) is 3.75. The van der Waals surface area contributed by atoms with Crippen LogP contribution in [0.5, 0.6) is 0 Å². The van der Waals surface area contributed by atoms with Gasteiger partial charge in [-0.05, 0) is 59.7 Å². The highest BCUT2D eigenvalue weighted by molar-refractivity contribution is 6.62. The van der Waals surface area contributed by atoms with E-state index in [-0.39, 0.29) is 25.9 Å². The first-order chi connectivity index (χ1) is 13.2. The lowest BCUT2D eigenvalue weighted by molar-refractivity contribution is -0.187. The first-order valence-corrected chi connectivity index (χ1v) is 9.70. The predicted molar refractivity (Wildman–Crippen MR) is 99.1 cm³/mol. The quantitative estimate of drug-likeness (QED) is 0.549. The molecule has 0 saturated carbocycles. The molecule has 0 radical (unpaired) electrons. The number of halogens is 5. The van der Waals surface area contributed by atoms with Crippen molar-refractivity contribution in [3.8, 4) is 0 Å². The molecule has 0 aliphatic carbocycles. The molecule has 1 aromatic rings. The summed E-state index contributed by atoms with van der Waals surface area (Å²) in [6, 6.07) is 2.72. The van der Waals surface area contributed by atoms with Gasteiger partial charge >= 0.3 is 19.2 Å². The largest absolute Gasteiger partial charge is 0.496 e. The zero-order valence-electron chi connectivity index (χ0n) is 17.0. The summed E-state index contributed by atoms with van der Waals surface area (Å²) in [5.41, 5.74) is -0.990. The Morgan fingerprint density at radius 2 is 1.59 bits per heavy atom. The number of hydrogen-bond acceptors (Lipinski definition) is 4. The summed E-state index contributed by atoms with van der Waals surface area (Å²) in [6.07, 6.45) is -3.28. The lowest BCUT2D eigenvalue weighted by Gasteiger charge is -2.34. The molecule has 2 aliphatic heterocycles. The van der Waals surface area contributed by atoms with Crippen LogP contribution in [0.15, 0.2) is 18.3 Å². The molecule has 29 heavy (non-hydrogen) atoms. The Hall–Kier alpha value is -1.26. The first kappa shape index (κ1) is 22.4. The molecule has 2 saturated heterocycles. The topological polar surface area (TPSA) is 34.6 Å². The summed E-state index contributed by atoms with van der Waals surface area (Å²) in [4.78, 5) is 5.26. The summed E-state index contributed by atoms with van der Waals surface area (Å²) < 4.78 is 79.3. The average Bonchev–Trinajstić information content (AvgIpc) is 2.82. The van der Waals surface area contributed by atoms with E-state index in [1.165, 1.54) is 23.2 Å². The summed E-state index contributed by atoms with van der Waals surface area (Å²) in [5.74, 6) is -4.68. The molecule has 3 heterocycles. The molecule has 0 amide bonds. The molecule has 0 unspecified atom stereocenters. The molecule has 0 bridgehead atoms. The number of aromatic nitrogens is 1. The van der Waals surface area contributed by atoms with Gasteiger partial charge in [-0.2, -0.15) is 22.0 Å². The lowest BCUT2D eigenvalue weighted by atomic mass is 9.80. The molecular weight excluding hydrogens is 394 g/mol. The van der Waals surface area contributed by atoms with Gasteiger partial charge in [-0.1, -0.05) is 6.07 Å². The minimum atomic E-state index is -4.26. The highest BCUT2D eigenvalue weighted by atomic mass is 19.4. The van der Waals surface area contributed by atoms with Crippen molar-refractivity contribution < 1.29 is 31.3 Å². The van der Waals surface area contributed by atoms with Crippen LogP contribution in [0, 0.1) is 5.92 Å². The fraction of sp³-hybridized carbons (Fsp3) is 0.737. The van der Waals surface area contributed by atoms with E-state index in [1.54, 1.807) is 0 Å². The second kappa shape index (κ2) is 7.46. The summed E-state index contributed by atoms with van der Waals surface area (Å²) in [6.45, 7) is 6.91. The van der Waals surface area contributed by atoms with Crippen molar-refractivity contribution in [1.29, 1.82) is 0 Å². The van der Waals surface area contributed by atoms with Crippen molar-refractivity contribution in [2.24, 2.45) is 5.92 Å². The van der Waals surface area contributed by atoms with Crippen LogP contribution in [0.2, 0.25) is 0 Å². The molecular formula is C19H26BF5N2O2. The van der Waals surface area contributed by atoms with Crippen LogP contribution in [-0.4, -0.2) is 54.0 Å². The third-order valence-corrected chi connectivity index (χ3v) is 6.16. The Balaban J connectivity index is 1.62. The molecule has 2 aliphatic rings. The van der Waals surface area contributed by atoms with Crippen molar-refractivity contribution in [3.05, 3.63) is 24.0 Å². The van der Waals surface area contributed by atoms with Gasteiger partial charge in [0.2, 0.25) is 0 Å². The van der Waals surface area contributed by atoms with Crippen LogP contribution in [0.4, 0.5) is 22.0 Å². The van der Waals surface area contributed by atoms with Crippen molar-refractivity contribution in [1.82, 2.24) is 9.88 Å². The van der Waals surface area contributed by atoms with Crippen LogP contribution in [0.3, 0.4) is 0 Å². The Morgan fingerprint density at radius 1 is 1.03 bits per heavy atom. The van der Waals surface area contributed by atoms with Crippen LogP contribution >= 0.6 is 0 Å². The Bertz CT molecular complexity index is 700. The average molecular weight is 420 g/mol. The normalized spacial score (nSPS) is 23.6. The fourth-order valence-corrected chi connectivity index (χ4v) is 3.52. The van der Waals surface area contributed by atoms with E-state index in [1.807, 2.05) is 27.7 Å². The lowest BCUT2D eigenvalue weighted by Crippen LogP contribution is -2.43. The van der Waals surface area contributed by atoms with Crippen LogP contribution in [0.25, 0.3) is 0 Å². The molecule has 0 atom stereocenters. The van der Waals surface area contributed by atoms with Gasteiger partial charge in [0.05, 0.1) is 23.7 Å². The number of piperidine rings is 1. The van der Waals surface area contributed by atoms with Gasteiger partial charge in [0, 0.05) is 11.7 Å². The number of nitrogens with zero attached hydrogens (tertiary/aromatic N) is 2. The molecule has 10 heteroatoms. The summed E-state index contributed by atoms with van der Waals surface area (Å²) in [7, 11) is -0.698. The monoisotopic (exact) mass is 420 g/mol. The third-order valence-electron chi connectivity index (χ3n) is 6.16. The van der Waals surface area contributed by atoms with Gasteiger partial charge in [0.25, 0.3) is 0 Å². The van der Waals surface area contributed by atoms with Gasteiger partial charge < -0.3 is 9.31 Å². The molecule has 162 valence electrons. The zero-order valence-corrected chi connectivity index (χ0v) is 17.0. The van der Waals surface area contributed by atoms with Crippen molar-refractivity contribution >= 4 is 12.6 Å². The van der Waals surface area contributed by atoms with Gasteiger partial charge in [0.1, 0.15) is 5.69 Å². The van der Waals surface area contributed by atoms with Crippen molar-refractivity contribution in [2.45, 2.75) is 63.8 Å². The van der Waals surface area contributed by atoms with Crippen molar-refractivity contribution in [3.63, 3.8) is 0 Å². The Kier molecular flexibility index (Phi) is 5.77. The molecule has 3 rings (SSSR count). The van der Waals surface area contributed by atoms with Gasteiger partial charge in [-0.3, -0.25) is 9.88 Å². The number of alkyl halides is 5. The zero-order chi connectivity index (χ0) is 21.7. The van der Waals surface area contributed by atoms with Crippen LogP contribution < -0.4 is 5.46 Å². The second-order valence-corrected chi connectivity index (χ2v) is 8.86. The minimum absolute atomic E-state index is 0.00817. The number of hydrogen-bond donors (Lipinski definition) is 0. The maximum Gasteiger partial charge on any atom is 0.496 e. The fourth-order valence-electron chi connectivity index (χ4n) is 3.52. The molecule has 1 aromatic heterocycles. The summed E-state index contributed by atoms with van der Waals surface area (Å²) in [5, 5.41) is 0. The van der Waals surface area contributed by atoms with E-state index >= 15 is 0 Å². The highest BCUT2D eigenvalue weighted by Gasteiger charge is 2.52. The number of likely N-dealkylation sites (tertiary alicyclic amines) is 1. The maximum absolute atomic E-state index is 14.6.